The molecule has 0 fully saturated rings. The molecular weight excluding hydrogens is 606 g/mol. The fourth-order valence-corrected chi connectivity index (χ4v) is 6.78. The van der Waals surface area contributed by atoms with Gasteiger partial charge in [-0.3, -0.25) is 0 Å². The number of ether oxygens (including phenoxy) is 4. The van der Waals surface area contributed by atoms with Crippen LogP contribution >= 0.6 is 0 Å². The van der Waals surface area contributed by atoms with Crippen molar-refractivity contribution >= 4 is 47.8 Å². The Kier molecular flexibility index (Phi) is 13.2. The van der Waals surface area contributed by atoms with Gasteiger partial charge < -0.3 is 0 Å². The van der Waals surface area contributed by atoms with Crippen LogP contribution in [0.25, 0.3) is 0 Å². The minimum atomic E-state index is 0.329. The van der Waals surface area contributed by atoms with Crippen LogP contribution in [0.5, 0.6) is 23.0 Å². The van der Waals surface area contributed by atoms with Crippen molar-refractivity contribution in [3.05, 3.63) is 97.1 Å². The molecule has 0 aromatic heterocycles. The van der Waals surface area contributed by atoms with E-state index in [1.807, 2.05) is 76.2 Å². The van der Waals surface area contributed by atoms with Crippen LogP contribution in [0.1, 0.15) is 27.7 Å². The summed E-state index contributed by atoms with van der Waals surface area (Å²) in [6, 6.07) is 33.4. The van der Waals surface area contributed by atoms with Gasteiger partial charge >= 0.3 is 241 Å². The van der Waals surface area contributed by atoms with E-state index in [0.717, 1.165) is 23.0 Å². The molecule has 4 aromatic rings. The monoisotopic (exact) mass is 644 g/mol. The third-order valence-corrected chi connectivity index (χ3v) is 9.27. The molecule has 0 saturated carbocycles. The van der Waals surface area contributed by atoms with Gasteiger partial charge in [-0.25, -0.2) is 0 Å². The number of hydrogen-bond acceptors (Lipinski definition) is 4. The van der Waals surface area contributed by atoms with Crippen LogP contribution < -0.4 is 36.8 Å². The molecule has 4 nitrogen and oxygen atoms in total. The zero-order valence-electron chi connectivity index (χ0n) is 22.5. The quantitative estimate of drug-likeness (QED) is 0.217. The van der Waals surface area contributed by atoms with Gasteiger partial charge in [0.2, 0.25) is 0 Å². The molecular formula is C32H36O4Se2. The first-order valence-electron chi connectivity index (χ1n) is 12.9. The first-order valence-corrected chi connectivity index (χ1v) is 16.3. The van der Waals surface area contributed by atoms with Gasteiger partial charge in [-0.1, -0.05) is 0 Å². The summed E-state index contributed by atoms with van der Waals surface area (Å²) in [5.74, 6) is 3.75. The first kappa shape index (κ1) is 29.7. The van der Waals surface area contributed by atoms with Crippen molar-refractivity contribution in [2.45, 2.75) is 27.7 Å². The average molecular weight is 643 g/mol. The van der Waals surface area contributed by atoms with Crippen LogP contribution in [0.2, 0.25) is 0 Å². The minimum absolute atomic E-state index is 0.329. The van der Waals surface area contributed by atoms with E-state index in [9.17, 15) is 0 Å². The second-order valence-corrected chi connectivity index (χ2v) is 12.6. The molecule has 0 aliphatic rings. The predicted molar refractivity (Wildman–Crippen MR) is 160 cm³/mol. The van der Waals surface area contributed by atoms with Crippen molar-refractivity contribution in [3.8, 4) is 23.0 Å². The average Bonchev–Trinajstić information content (AvgIpc) is 2.94. The van der Waals surface area contributed by atoms with E-state index in [1.165, 1.54) is 17.8 Å². The summed E-state index contributed by atoms with van der Waals surface area (Å²) in [6.45, 7) is 10.8. The molecule has 0 amide bonds. The molecule has 0 aliphatic heterocycles. The molecule has 0 radical (unpaired) electrons. The summed E-state index contributed by atoms with van der Waals surface area (Å²) >= 11 is 0.658. The Labute approximate surface area is 240 Å². The van der Waals surface area contributed by atoms with Crippen molar-refractivity contribution in [3.63, 3.8) is 0 Å². The molecule has 0 unspecified atom stereocenters. The van der Waals surface area contributed by atoms with Crippen LogP contribution in [0, 0.1) is 0 Å². The van der Waals surface area contributed by atoms with Crippen molar-refractivity contribution < 1.29 is 18.9 Å². The number of benzene rings is 4. The van der Waals surface area contributed by atoms with Gasteiger partial charge in [-0.05, 0) is 0 Å². The van der Waals surface area contributed by atoms with Gasteiger partial charge in [0.25, 0.3) is 0 Å². The summed E-state index contributed by atoms with van der Waals surface area (Å²) in [6.07, 6.45) is 0. The van der Waals surface area contributed by atoms with Crippen molar-refractivity contribution in [2.24, 2.45) is 0 Å². The van der Waals surface area contributed by atoms with Crippen molar-refractivity contribution in [2.75, 3.05) is 26.4 Å². The Morgan fingerprint density at radius 2 is 0.526 bits per heavy atom. The first-order chi connectivity index (χ1) is 18.6. The van der Waals surface area contributed by atoms with Gasteiger partial charge in [0.1, 0.15) is 0 Å². The molecule has 0 atom stereocenters. The van der Waals surface area contributed by atoms with Crippen LogP contribution in [-0.4, -0.2) is 56.3 Å². The molecule has 0 heterocycles. The van der Waals surface area contributed by atoms with E-state index in [1.54, 1.807) is 0 Å². The number of hydrogen-bond donors (Lipinski definition) is 0. The standard InChI is InChI=1S/2C16H18O2Se/c2*1-3-17-13-5-9-15(10-6-13)19-16-11-7-14(8-12-16)18-4-2/h2*5-12H,3-4H2,1-2H3. The molecule has 0 bridgehead atoms. The van der Waals surface area contributed by atoms with Crippen LogP contribution in [0.3, 0.4) is 0 Å². The molecule has 4 aromatic carbocycles. The Balaban J connectivity index is 0.000000211. The Morgan fingerprint density at radius 1 is 0.342 bits per heavy atom. The van der Waals surface area contributed by atoms with Crippen LogP contribution in [0.15, 0.2) is 97.1 Å². The third kappa shape index (κ3) is 10.5. The molecule has 0 N–H and O–H groups in total. The Bertz CT molecular complexity index is 984. The van der Waals surface area contributed by atoms with E-state index in [0.29, 0.717) is 56.3 Å². The second-order valence-electron chi connectivity index (χ2n) is 7.82. The summed E-state index contributed by atoms with van der Waals surface area (Å²) in [4.78, 5) is 0. The van der Waals surface area contributed by atoms with Crippen LogP contribution in [0.4, 0.5) is 0 Å². The van der Waals surface area contributed by atoms with Crippen molar-refractivity contribution in [1.29, 1.82) is 0 Å². The Morgan fingerprint density at radius 3 is 0.684 bits per heavy atom. The maximum atomic E-state index is 5.44. The maximum absolute atomic E-state index is 5.44. The van der Waals surface area contributed by atoms with Gasteiger partial charge in [0, 0.05) is 0 Å². The van der Waals surface area contributed by atoms with E-state index in [2.05, 4.69) is 48.5 Å². The Hall–Kier alpha value is -2.88. The van der Waals surface area contributed by atoms with E-state index in [4.69, 9.17) is 18.9 Å². The van der Waals surface area contributed by atoms with E-state index in [-0.39, 0.29) is 0 Å². The topological polar surface area (TPSA) is 36.9 Å². The molecule has 4 rings (SSSR count). The zero-order valence-corrected chi connectivity index (χ0v) is 25.9. The molecule has 0 saturated heterocycles. The zero-order chi connectivity index (χ0) is 27.0. The molecule has 0 spiro atoms. The van der Waals surface area contributed by atoms with E-state index < -0.39 is 0 Å². The van der Waals surface area contributed by atoms with Gasteiger partial charge in [0.05, 0.1) is 0 Å². The predicted octanol–water partition coefficient (Wildman–Crippen LogP) is 4.28. The molecule has 200 valence electrons. The van der Waals surface area contributed by atoms with Gasteiger partial charge in [0.15, 0.2) is 0 Å². The number of rotatable bonds is 12. The van der Waals surface area contributed by atoms with Crippen LogP contribution in [-0.2, 0) is 0 Å². The van der Waals surface area contributed by atoms with Gasteiger partial charge in [-0.15, -0.1) is 0 Å². The molecule has 0 aliphatic carbocycles. The summed E-state index contributed by atoms with van der Waals surface area (Å²) in [5.41, 5.74) is 0. The normalized spacial score (nSPS) is 10.2. The van der Waals surface area contributed by atoms with Gasteiger partial charge in [-0.2, -0.15) is 0 Å². The van der Waals surface area contributed by atoms with Crippen molar-refractivity contribution in [1.82, 2.24) is 0 Å². The SMILES string of the molecule is CCOc1ccc([Se]c2ccc(OCC)cc2)cc1.CCOc1ccc([Se]c2ccc(OCC)cc2)cc1. The fraction of sp³-hybridized carbons (Fsp3) is 0.250. The summed E-state index contributed by atoms with van der Waals surface area (Å²) < 4.78 is 27.2. The summed E-state index contributed by atoms with van der Waals surface area (Å²) in [7, 11) is 0. The molecule has 38 heavy (non-hydrogen) atoms. The van der Waals surface area contributed by atoms with E-state index >= 15 is 0 Å². The summed E-state index contributed by atoms with van der Waals surface area (Å²) in [5, 5.41) is 0. The third-order valence-electron chi connectivity index (χ3n) is 5.01. The fourth-order valence-electron chi connectivity index (χ4n) is 3.35. The second kappa shape index (κ2) is 16.9. The molecule has 6 heteroatoms.